The molecule has 1 heterocycles. The van der Waals surface area contributed by atoms with E-state index in [0.717, 1.165) is 16.9 Å². The van der Waals surface area contributed by atoms with Crippen molar-refractivity contribution < 1.29 is 8.42 Å². The van der Waals surface area contributed by atoms with Crippen molar-refractivity contribution in [3.8, 4) is 0 Å². The van der Waals surface area contributed by atoms with Gasteiger partial charge in [0.25, 0.3) is 0 Å². The number of rotatable bonds is 4. The van der Waals surface area contributed by atoms with E-state index in [1.807, 2.05) is 0 Å². The number of benzene rings is 1. The van der Waals surface area contributed by atoms with E-state index in [2.05, 4.69) is 29.1 Å². The quantitative estimate of drug-likeness (QED) is 0.879. The van der Waals surface area contributed by atoms with Gasteiger partial charge in [-0.1, -0.05) is 13.8 Å². The zero-order valence-corrected chi connectivity index (χ0v) is 11.5. The first-order valence-corrected chi connectivity index (χ1v) is 7.67. The van der Waals surface area contributed by atoms with Gasteiger partial charge in [0.2, 0.25) is 0 Å². The average molecular weight is 267 g/mol. The lowest BCUT2D eigenvalue weighted by atomic mass is 10.3. The molecule has 2 aromatic rings. The highest BCUT2D eigenvalue weighted by molar-refractivity contribution is 7.90. The molecule has 6 heteroatoms. The highest BCUT2D eigenvalue weighted by atomic mass is 32.2. The first-order valence-electron chi connectivity index (χ1n) is 5.78. The summed E-state index contributed by atoms with van der Waals surface area (Å²) >= 11 is 0. The second kappa shape index (κ2) is 4.70. The number of imidazole rings is 1. The van der Waals surface area contributed by atoms with Crippen molar-refractivity contribution in [3.05, 3.63) is 24.0 Å². The Morgan fingerprint density at radius 1 is 1.39 bits per heavy atom. The largest absolute Gasteiger partial charge is 0.341 e. The number of nitrogens with one attached hydrogen (secondary N) is 2. The molecular formula is C12H17N3O2S. The summed E-state index contributed by atoms with van der Waals surface area (Å²) in [5.41, 5.74) is 1.53. The van der Waals surface area contributed by atoms with Crippen LogP contribution >= 0.6 is 0 Å². The average Bonchev–Trinajstić information content (AvgIpc) is 2.66. The molecule has 0 aliphatic heterocycles. The molecule has 0 unspecified atom stereocenters. The van der Waals surface area contributed by atoms with Crippen LogP contribution in [0.4, 0.5) is 0 Å². The van der Waals surface area contributed by atoms with Crippen molar-refractivity contribution >= 4 is 20.9 Å². The fraction of sp³-hybridized carbons (Fsp3) is 0.417. The van der Waals surface area contributed by atoms with Crippen LogP contribution in [-0.4, -0.2) is 30.7 Å². The predicted molar refractivity (Wildman–Crippen MR) is 71.2 cm³/mol. The number of hydrogen-bond acceptors (Lipinski definition) is 4. The van der Waals surface area contributed by atoms with Crippen LogP contribution in [0.1, 0.15) is 19.7 Å². The van der Waals surface area contributed by atoms with Gasteiger partial charge in [0, 0.05) is 12.3 Å². The minimum atomic E-state index is -3.17. The van der Waals surface area contributed by atoms with Gasteiger partial charge in [-0.05, 0) is 18.2 Å². The van der Waals surface area contributed by atoms with Crippen LogP contribution in [-0.2, 0) is 16.4 Å². The van der Waals surface area contributed by atoms with Crippen LogP contribution in [0.15, 0.2) is 23.1 Å². The van der Waals surface area contributed by atoms with Crippen LogP contribution in [0.5, 0.6) is 0 Å². The van der Waals surface area contributed by atoms with Gasteiger partial charge in [0.15, 0.2) is 9.84 Å². The molecule has 2 N–H and O–H groups in total. The van der Waals surface area contributed by atoms with Gasteiger partial charge in [-0.3, -0.25) is 0 Å². The van der Waals surface area contributed by atoms with Crippen LogP contribution in [0, 0.1) is 0 Å². The summed E-state index contributed by atoms with van der Waals surface area (Å²) < 4.78 is 22.9. The first-order chi connectivity index (χ1) is 8.36. The number of sulfone groups is 1. The third kappa shape index (κ3) is 2.88. The monoisotopic (exact) mass is 267 g/mol. The van der Waals surface area contributed by atoms with Crippen LogP contribution in [0.3, 0.4) is 0 Å². The van der Waals surface area contributed by atoms with Crippen molar-refractivity contribution in [2.45, 2.75) is 31.3 Å². The smallest absolute Gasteiger partial charge is 0.175 e. The molecule has 1 aromatic heterocycles. The van der Waals surface area contributed by atoms with E-state index in [4.69, 9.17) is 0 Å². The first kappa shape index (κ1) is 13.0. The van der Waals surface area contributed by atoms with Gasteiger partial charge in [0.05, 0.1) is 22.5 Å². The number of hydrogen-bond donors (Lipinski definition) is 2. The third-order valence-corrected chi connectivity index (χ3v) is 3.72. The summed E-state index contributed by atoms with van der Waals surface area (Å²) in [7, 11) is -3.17. The predicted octanol–water partition coefficient (Wildman–Crippen LogP) is 1.46. The van der Waals surface area contributed by atoms with Crippen LogP contribution in [0.2, 0.25) is 0 Å². The Kier molecular flexibility index (Phi) is 3.41. The summed E-state index contributed by atoms with van der Waals surface area (Å²) in [6.45, 7) is 4.76. The summed E-state index contributed by atoms with van der Waals surface area (Å²) in [5.74, 6) is 0.810. The van der Waals surface area contributed by atoms with Gasteiger partial charge < -0.3 is 10.3 Å². The molecule has 0 spiro atoms. The summed E-state index contributed by atoms with van der Waals surface area (Å²) in [6, 6.07) is 5.31. The zero-order chi connectivity index (χ0) is 13.3. The Morgan fingerprint density at radius 2 is 2.11 bits per heavy atom. The van der Waals surface area contributed by atoms with Crippen molar-refractivity contribution in [2.24, 2.45) is 0 Å². The Hall–Kier alpha value is -1.40. The molecule has 0 atom stereocenters. The molecule has 1 aromatic carbocycles. The molecule has 0 radical (unpaired) electrons. The molecule has 18 heavy (non-hydrogen) atoms. The minimum Gasteiger partial charge on any atom is -0.341 e. The topological polar surface area (TPSA) is 74.8 Å². The number of aromatic amines is 1. The molecule has 0 saturated heterocycles. The lowest BCUT2D eigenvalue weighted by molar-refractivity contribution is 0.576. The maximum atomic E-state index is 11.5. The van der Waals surface area contributed by atoms with E-state index in [0.29, 0.717) is 17.5 Å². The summed E-state index contributed by atoms with van der Waals surface area (Å²) in [5, 5.41) is 3.26. The lowest BCUT2D eigenvalue weighted by Gasteiger charge is -2.04. The van der Waals surface area contributed by atoms with E-state index >= 15 is 0 Å². The van der Waals surface area contributed by atoms with Gasteiger partial charge in [-0.25, -0.2) is 13.4 Å². The van der Waals surface area contributed by atoms with Crippen molar-refractivity contribution in [1.82, 2.24) is 15.3 Å². The van der Waals surface area contributed by atoms with E-state index in [-0.39, 0.29) is 0 Å². The normalized spacial score (nSPS) is 12.4. The molecule has 0 saturated carbocycles. The third-order valence-electron chi connectivity index (χ3n) is 2.61. The molecule has 0 bridgehead atoms. The Labute approximate surface area is 107 Å². The second-order valence-electron chi connectivity index (χ2n) is 4.67. The van der Waals surface area contributed by atoms with Crippen LogP contribution < -0.4 is 5.32 Å². The van der Waals surface area contributed by atoms with Gasteiger partial charge >= 0.3 is 0 Å². The van der Waals surface area contributed by atoms with E-state index in [1.54, 1.807) is 18.2 Å². The molecule has 5 nitrogen and oxygen atoms in total. The molecular weight excluding hydrogens is 250 g/mol. The molecule has 2 rings (SSSR count). The molecule has 0 amide bonds. The number of nitrogens with zero attached hydrogens (tertiary/aromatic N) is 1. The highest BCUT2D eigenvalue weighted by Crippen LogP contribution is 2.17. The second-order valence-corrected chi connectivity index (χ2v) is 6.69. The van der Waals surface area contributed by atoms with Gasteiger partial charge in [-0.15, -0.1) is 0 Å². The van der Waals surface area contributed by atoms with Crippen molar-refractivity contribution in [3.63, 3.8) is 0 Å². The van der Waals surface area contributed by atoms with Gasteiger partial charge in [-0.2, -0.15) is 0 Å². The fourth-order valence-corrected chi connectivity index (χ4v) is 2.30. The lowest BCUT2D eigenvalue weighted by Crippen LogP contribution is -2.22. The number of aromatic nitrogens is 2. The van der Waals surface area contributed by atoms with E-state index < -0.39 is 9.84 Å². The highest BCUT2D eigenvalue weighted by Gasteiger charge is 2.10. The fourth-order valence-electron chi connectivity index (χ4n) is 1.66. The van der Waals surface area contributed by atoms with Crippen LogP contribution in [0.25, 0.3) is 11.0 Å². The summed E-state index contributed by atoms with van der Waals surface area (Å²) in [6.07, 6.45) is 1.20. The Morgan fingerprint density at radius 3 is 2.72 bits per heavy atom. The van der Waals surface area contributed by atoms with Gasteiger partial charge in [0.1, 0.15) is 5.82 Å². The Bertz CT molecular complexity index is 659. The van der Waals surface area contributed by atoms with Crippen molar-refractivity contribution in [1.29, 1.82) is 0 Å². The molecule has 0 aliphatic rings. The number of H-pyrrole nitrogens is 1. The minimum absolute atomic E-state index is 0.307. The maximum Gasteiger partial charge on any atom is 0.175 e. The zero-order valence-electron chi connectivity index (χ0n) is 10.7. The standard InChI is InChI=1S/C12H17N3O2S/c1-8(2)13-7-12-14-10-5-4-9(18(3,16)17)6-11(10)15-12/h4-6,8,13H,7H2,1-3H3,(H,14,15). The Balaban J connectivity index is 2.34. The maximum absolute atomic E-state index is 11.5. The van der Waals surface area contributed by atoms with E-state index in [9.17, 15) is 8.42 Å². The molecule has 0 aliphatic carbocycles. The SMILES string of the molecule is CC(C)NCc1nc2ccc(S(C)(=O)=O)cc2[nH]1. The molecule has 98 valence electrons. The van der Waals surface area contributed by atoms with Crippen molar-refractivity contribution in [2.75, 3.05) is 6.26 Å². The molecule has 0 fully saturated rings. The number of fused-ring (bicyclic) bond motifs is 1. The summed E-state index contributed by atoms with van der Waals surface area (Å²) in [4.78, 5) is 7.83. The van der Waals surface area contributed by atoms with E-state index in [1.165, 1.54) is 6.26 Å².